The molecule has 0 radical (unpaired) electrons. The van der Waals surface area contributed by atoms with Crippen LogP contribution < -0.4 is 10.1 Å². The fourth-order valence-corrected chi connectivity index (χ4v) is 3.64. The Morgan fingerprint density at radius 1 is 1.10 bits per heavy atom. The molecule has 1 saturated heterocycles. The second-order valence-electron chi connectivity index (χ2n) is 7.79. The number of carbonyl (C=O) groups excluding carboxylic acids is 3. The van der Waals surface area contributed by atoms with Gasteiger partial charge in [-0.05, 0) is 75.9 Å². The fraction of sp³-hybridized carbons (Fsp3) is 0.375. The summed E-state index contributed by atoms with van der Waals surface area (Å²) in [6, 6.07) is 12.3. The molecule has 0 aliphatic carbocycles. The van der Waals surface area contributed by atoms with Gasteiger partial charge < -0.3 is 15.0 Å². The van der Waals surface area contributed by atoms with Crippen LogP contribution in [0.4, 0.5) is 5.69 Å². The maximum atomic E-state index is 12.8. The SMILES string of the molecule is CC(=O)c1cccc(OCC(=O)Nc2ccc(C(=O)N3CCCCC3C)cc2C)c1. The molecular formula is C24H28N2O4. The van der Waals surface area contributed by atoms with E-state index in [4.69, 9.17) is 4.74 Å². The first-order valence-corrected chi connectivity index (χ1v) is 10.3. The Morgan fingerprint density at radius 3 is 2.60 bits per heavy atom. The number of rotatable bonds is 6. The number of likely N-dealkylation sites (tertiary alicyclic amines) is 1. The molecule has 1 unspecified atom stereocenters. The molecule has 30 heavy (non-hydrogen) atoms. The van der Waals surface area contributed by atoms with Gasteiger partial charge in [0.25, 0.3) is 11.8 Å². The van der Waals surface area contributed by atoms with E-state index in [1.54, 1.807) is 36.4 Å². The molecule has 1 aliphatic heterocycles. The summed E-state index contributed by atoms with van der Waals surface area (Å²) in [4.78, 5) is 38.5. The van der Waals surface area contributed by atoms with Crippen LogP contribution in [0.5, 0.6) is 5.75 Å². The molecule has 6 nitrogen and oxygen atoms in total. The second-order valence-corrected chi connectivity index (χ2v) is 7.79. The largest absolute Gasteiger partial charge is 0.484 e. The van der Waals surface area contributed by atoms with Gasteiger partial charge >= 0.3 is 0 Å². The third kappa shape index (κ3) is 5.26. The maximum Gasteiger partial charge on any atom is 0.262 e. The van der Waals surface area contributed by atoms with Crippen molar-refractivity contribution < 1.29 is 19.1 Å². The molecule has 2 aromatic rings. The van der Waals surface area contributed by atoms with Crippen molar-refractivity contribution in [1.82, 2.24) is 4.90 Å². The minimum atomic E-state index is -0.310. The third-order valence-electron chi connectivity index (χ3n) is 5.42. The zero-order valence-electron chi connectivity index (χ0n) is 17.7. The summed E-state index contributed by atoms with van der Waals surface area (Å²) in [6.07, 6.45) is 3.24. The molecule has 6 heteroatoms. The van der Waals surface area contributed by atoms with Crippen LogP contribution in [0.15, 0.2) is 42.5 Å². The Labute approximate surface area is 177 Å². The number of amides is 2. The molecule has 1 fully saturated rings. The van der Waals surface area contributed by atoms with E-state index < -0.39 is 0 Å². The highest BCUT2D eigenvalue weighted by Gasteiger charge is 2.24. The predicted molar refractivity (Wildman–Crippen MR) is 116 cm³/mol. The lowest BCUT2D eigenvalue weighted by molar-refractivity contribution is -0.118. The predicted octanol–water partition coefficient (Wildman–Crippen LogP) is 4.23. The Morgan fingerprint density at radius 2 is 1.90 bits per heavy atom. The summed E-state index contributed by atoms with van der Waals surface area (Å²) in [5.74, 6) is 0.132. The van der Waals surface area contributed by atoms with Gasteiger partial charge in [-0.25, -0.2) is 0 Å². The van der Waals surface area contributed by atoms with Gasteiger partial charge in [-0.15, -0.1) is 0 Å². The molecule has 1 atom stereocenters. The van der Waals surface area contributed by atoms with E-state index >= 15 is 0 Å². The van der Waals surface area contributed by atoms with Gasteiger partial charge in [0.15, 0.2) is 12.4 Å². The van der Waals surface area contributed by atoms with Gasteiger partial charge in [-0.3, -0.25) is 14.4 Å². The van der Waals surface area contributed by atoms with E-state index in [0.29, 0.717) is 22.6 Å². The smallest absolute Gasteiger partial charge is 0.262 e. The number of anilines is 1. The van der Waals surface area contributed by atoms with Crippen LogP contribution in [0.25, 0.3) is 0 Å². The maximum absolute atomic E-state index is 12.8. The van der Waals surface area contributed by atoms with Gasteiger partial charge in [-0.1, -0.05) is 12.1 Å². The molecule has 2 amide bonds. The van der Waals surface area contributed by atoms with E-state index in [0.717, 1.165) is 31.4 Å². The number of Topliss-reactive ketones (excluding diaryl/α,β-unsaturated/α-hetero) is 1. The molecule has 0 aromatic heterocycles. The van der Waals surface area contributed by atoms with Crippen molar-refractivity contribution in [3.63, 3.8) is 0 Å². The standard InChI is InChI=1S/C24H28N2O4/c1-16-13-20(24(29)26-12-5-4-7-17(26)2)10-11-22(16)25-23(28)15-30-21-9-6-8-19(14-21)18(3)27/h6,8-11,13-14,17H,4-5,7,12,15H2,1-3H3,(H,25,28). The average Bonchev–Trinajstić information content (AvgIpc) is 2.74. The summed E-state index contributed by atoms with van der Waals surface area (Å²) in [6.45, 7) is 6.05. The second kappa shape index (κ2) is 9.57. The highest BCUT2D eigenvalue weighted by atomic mass is 16.5. The van der Waals surface area contributed by atoms with Crippen LogP contribution in [-0.4, -0.2) is 41.7 Å². The molecule has 0 spiro atoms. The fourth-order valence-electron chi connectivity index (χ4n) is 3.64. The minimum Gasteiger partial charge on any atom is -0.484 e. The van der Waals surface area contributed by atoms with Crippen LogP contribution in [0.2, 0.25) is 0 Å². The van der Waals surface area contributed by atoms with E-state index in [1.165, 1.54) is 6.92 Å². The number of ether oxygens (including phenoxy) is 1. The van der Waals surface area contributed by atoms with Crippen molar-refractivity contribution in [2.24, 2.45) is 0 Å². The van der Waals surface area contributed by atoms with Crippen molar-refractivity contribution in [1.29, 1.82) is 0 Å². The lowest BCUT2D eigenvalue weighted by atomic mass is 10.0. The molecule has 0 saturated carbocycles. The number of nitrogens with zero attached hydrogens (tertiary/aromatic N) is 1. The monoisotopic (exact) mass is 408 g/mol. The Hall–Kier alpha value is -3.15. The van der Waals surface area contributed by atoms with E-state index in [9.17, 15) is 14.4 Å². The van der Waals surface area contributed by atoms with E-state index in [2.05, 4.69) is 12.2 Å². The number of hydrogen-bond acceptors (Lipinski definition) is 4. The van der Waals surface area contributed by atoms with Crippen molar-refractivity contribution in [2.75, 3.05) is 18.5 Å². The summed E-state index contributed by atoms with van der Waals surface area (Å²) in [5.41, 5.74) is 2.63. The molecule has 1 heterocycles. The van der Waals surface area contributed by atoms with Gasteiger partial charge in [0.1, 0.15) is 5.75 Å². The zero-order valence-corrected chi connectivity index (χ0v) is 17.7. The van der Waals surface area contributed by atoms with E-state index in [1.807, 2.05) is 17.9 Å². The van der Waals surface area contributed by atoms with E-state index in [-0.39, 0.29) is 30.2 Å². The molecule has 158 valence electrons. The number of carbonyl (C=O) groups is 3. The topological polar surface area (TPSA) is 75.7 Å². The number of piperidine rings is 1. The Bertz CT molecular complexity index is 954. The van der Waals surface area contributed by atoms with Crippen LogP contribution in [0.3, 0.4) is 0 Å². The Kier molecular flexibility index (Phi) is 6.87. The minimum absolute atomic E-state index is 0.0388. The van der Waals surface area contributed by atoms with Crippen molar-refractivity contribution in [3.05, 3.63) is 59.2 Å². The Balaban J connectivity index is 1.60. The van der Waals surface area contributed by atoms with Gasteiger partial charge in [0.2, 0.25) is 0 Å². The van der Waals surface area contributed by atoms with Crippen molar-refractivity contribution in [3.8, 4) is 5.75 Å². The first kappa shape index (κ1) is 21.6. The zero-order chi connectivity index (χ0) is 21.7. The number of aryl methyl sites for hydroxylation is 1. The molecule has 2 aromatic carbocycles. The first-order chi connectivity index (χ1) is 14.3. The summed E-state index contributed by atoms with van der Waals surface area (Å²) in [7, 11) is 0. The number of nitrogens with one attached hydrogen (secondary N) is 1. The number of ketones is 1. The molecule has 0 bridgehead atoms. The van der Waals surface area contributed by atoms with Gasteiger partial charge in [0, 0.05) is 29.4 Å². The lowest BCUT2D eigenvalue weighted by Crippen LogP contribution is -2.42. The number of benzene rings is 2. The van der Waals surface area contributed by atoms with Crippen LogP contribution in [0.1, 0.15) is 59.4 Å². The van der Waals surface area contributed by atoms with Crippen molar-refractivity contribution in [2.45, 2.75) is 46.1 Å². The third-order valence-corrected chi connectivity index (χ3v) is 5.42. The van der Waals surface area contributed by atoms with Gasteiger partial charge in [-0.2, -0.15) is 0 Å². The highest BCUT2D eigenvalue weighted by molar-refractivity contribution is 5.97. The first-order valence-electron chi connectivity index (χ1n) is 10.3. The normalized spacial score (nSPS) is 16.1. The average molecular weight is 408 g/mol. The molecular weight excluding hydrogens is 380 g/mol. The molecule has 1 N–H and O–H groups in total. The number of hydrogen-bond donors (Lipinski definition) is 1. The van der Waals surface area contributed by atoms with Crippen LogP contribution in [-0.2, 0) is 4.79 Å². The summed E-state index contributed by atoms with van der Waals surface area (Å²) in [5, 5.41) is 2.82. The summed E-state index contributed by atoms with van der Waals surface area (Å²) >= 11 is 0. The van der Waals surface area contributed by atoms with Crippen LogP contribution in [0, 0.1) is 6.92 Å². The molecule has 1 aliphatic rings. The van der Waals surface area contributed by atoms with Crippen LogP contribution >= 0.6 is 0 Å². The summed E-state index contributed by atoms with van der Waals surface area (Å²) < 4.78 is 5.50. The lowest BCUT2D eigenvalue weighted by Gasteiger charge is -2.33. The quantitative estimate of drug-likeness (QED) is 0.726. The highest BCUT2D eigenvalue weighted by Crippen LogP contribution is 2.22. The van der Waals surface area contributed by atoms with Gasteiger partial charge in [0.05, 0.1) is 0 Å². The molecule has 3 rings (SSSR count). The van der Waals surface area contributed by atoms with Crippen molar-refractivity contribution >= 4 is 23.3 Å².